The van der Waals surface area contributed by atoms with Crippen LogP contribution < -0.4 is 15.0 Å². The number of anilines is 1. The average molecular weight is 407 g/mol. The predicted octanol–water partition coefficient (Wildman–Crippen LogP) is 3.68. The van der Waals surface area contributed by atoms with Gasteiger partial charge in [0.1, 0.15) is 11.4 Å². The van der Waals surface area contributed by atoms with Gasteiger partial charge in [0.05, 0.1) is 26.4 Å². The van der Waals surface area contributed by atoms with Crippen molar-refractivity contribution in [1.29, 1.82) is 0 Å². The van der Waals surface area contributed by atoms with Crippen molar-refractivity contribution in [1.82, 2.24) is 10.5 Å². The SMILES string of the molecule is COc1ccc(-c2cc(C(=O)NC(C)c3ccc(N4CCOCC4)cc3)on2)cc1. The summed E-state index contributed by atoms with van der Waals surface area (Å²) < 4.78 is 15.8. The van der Waals surface area contributed by atoms with E-state index in [9.17, 15) is 4.79 Å². The Morgan fingerprint density at radius 1 is 1.10 bits per heavy atom. The Labute approximate surface area is 175 Å². The summed E-state index contributed by atoms with van der Waals surface area (Å²) in [6.45, 7) is 5.25. The zero-order valence-electron chi connectivity index (χ0n) is 17.1. The van der Waals surface area contributed by atoms with Crippen LogP contribution in [-0.4, -0.2) is 44.5 Å². The number of amides is 1. The lowest BCUT2D eigenvalue weighted by molar-refractivity contribution is 0.0902. The molecule has 0 bridgehead atoms. The van der Waals surface area contributed by atoms with Crippen LogP contribution >= 0.6 is 0 Å². The van der Waals surface area contributed by atoms with E-state index in [1.807, 2.05) is 43.3 Å². The van der Waals surface area contributed by atoms with Gasteiger partial charge in [0.15, 0.2) is 0 Å². The van der Waals surface area contributed by atoms with Crippen molar-refractivity contribution < 1.29 is 18.8 Å². The molecule has 1 aromatic heterocycles. The van der Waals surface area contributed by atoms with Crippen molar-refractivity contribution in [2.45, 2.75) is 13.0 Å². The summed E-state index contributed by atoms with van der Waals surface area (Å²) in [6, 6.07) is 17.2. The monoisotopic (exact) mass is 407 g/mol. The molecule has 1 fully saturated rings. The van der Waals surface area contributed by atoms with Gasteiger partial charge in [0.25, 0.3) is 5.91 Å². The van der Waals surface area contributed by atoms with Crippen LogP contribution in [0.15, 0.2) is 59.1 Å². The molecule has 1 atom stereocenters. The number of hydrogen-bond acceptors (Lipinski definition) is 6. The lowest BCUT2D eigenvalue weighted by Gasteiger charge is -2.29. The summed E-state index contributed by atoms with van der Waals surface area (Å²) in [5.41, 5.74) is 3.64. The summed E-state index contributed by atoms with van der Waals surface area (Å²) in [7, 11) is 1.62. The van der Waals surface area contributed by atoms with Gasteiger partial charge in [-0.05, 0) is 48.9 Å². The van der Waals surface area contributed by atoms with Crippen LogP contribution in [0.3, 0.4) is 0 Å². The summed E-state index contributed by atoms with van der Waals surface area (Å²) in [5.74, 6) is 0.637. The number of ether oxygens (including phenoxy) is 2. The molecule has 7 nitrogen and oxygen atoms in total. The molecule has 1 aliphatic rings. The summed E-state index contributed by atoms with van der Waals surface area (Å²) in [6.07, 6.45) is 0. The lowest BCUT2D eigenvalue weighted by Crippen LogP contribution is -2.36. The van der Waals surface area contributed by atoms with Crippen LogP contribution in [0.5, 0.6) is 5.75 Å². The molecular formula is C23H25N3O4. The number of aromatic nitrogens is 1. The zero-order valence-corrected chi connectivity index (χ0v) is 17.1. The van der Waals surface area contributed by atoms with Crippen molar-refractivity contribution >= 4 is 11.6 Å². The Kier molecular flexibility index (Phi) is 5.99. The number of morpholine rings is 1. The minimum Gasteiger partial charge on any atom is -0.497 e. The van der Waals surface area contributed by atoms with E-state index in [0.29, 0.717) is 5.69 Å². The first-order chi connectivity index (χ1) is 14.6. The van der Waals surface area contributed by atoms with E-state index in [-0.39, 0.29) is 17.7 Å². The van der Waals surface area contributed by atoms with Crippen LogP contribution in [0.25, 0.3) is 11.3 Å². The summed E-state index contributed by atoms with van der Waals surface area (Å²) in [5, 5.41) is 6.98. The molecule has 0 spiro atoms. The molecule has 1 aliphatic heterocycles. The molecule has 2 heterocycles. The number of rotatable bonds is 6. The highest BCUT2D eigenvalue weighted by atomic mass is 16.5. The highest BCUT2D eigenvalue weighted by Gasteiger charge is 2.18. The maximum absolute atomic E-state index is 12.6. The number of carbonyl (C=O) groups is 1. The van der Waals surface area contributed by atoms with Crippen LogP contribution in [0.4, 0.5) is 5.69 Å². The Balaban J connectivity index is 1.39. The Morgan fingerprint density at radius 3 is 2.47 bits per heavy atom. The maximum Gasteiger partial charge on any atom is 0.290 e. The maximum atomic E-state index is 12.6. The average Bonchev–Trinajstić information content (AvgIpc) is 3.30. The second-order valence-corrected chi connectivity index (χ2v) is 7.19. The van der Waals surface area contributed by atoms with E-state index in [0.717, 1.165) is 43.2 Å². The zero-order chi connectivity index (χ0) is 20.9. The van der Waals surface area contributed by atoms with Gasteiger partial charge in [0.2, 0.25) is 5.76 Å². The van der Waals surface area contributed by atoms with Crippen molar-refractivity contribution in [3.63, 3.8) is 0 Å². The van der Waals surface area contributed by atoms with Gasteiger partial charge in [-0.2, -0.15) is 0 Å². The van der Waals surface area contributed by atoms with Gasteiger partial charge >= 0.3 is 0 Å². The lowest BCUT2D eigenvalue weighted by atomic mass is 10.1. The fourth-order valence-electron chi connectivity index (χ4n) is 3.43. The van der Waals surface area contributed by atoms with Crippen molar-refractivity contribution in [2.75, 3.05) is 38.3 Å². The van der Waals surface area contributed by atoms with Crippen LogP contribution in [-0.2, 0) is 4.74 Å². The number of nitrogens with zero attached hydrogens (tertiary/aromatic N) is 2. The van der Waals surface area contributed by atoms with Gasteiger partial charge in [0, 0.05) is 30.4 Å². The molecule has 1 saturated heterocycles. The van der Waals surface area contributed by atoms with Gasteiger partial charge in [-0.15, -0.1) is 0 Å². The molecule has 0 aliphatic carbocycles. The van der Waals surface area contributed by atoms with Crippen LogP contribution in [0, 0.1) is 0 Å². The Bertz CT molecular complexity index is 976. The number of nitrogens with one attached hydrogen (secondary N) is 1. The molecule has 2 aromatic carbocycles. The van der Waals surface area contributed by atoms with E-state index in [1.165, 1.54) is 5.69 Å². The first-order valence-electron chi connectivity index (χ1n) is 9.98. The molecule has 0 saturated carbocycles. The molecule has 1 N–H and O–H groups in total. The minimum atomic E-state index is -0.299. The third kappa shape index (κ3) is 4.46. The van der Waals surface area contributed by atoms with E-state index < -0.39 is 0 Å². The van der Waals surface area contributed by atoms with Gasteiger partial charge in [-0.1, -0.05) is 17.3 Å². The molecule has 0 radical (unpaired) electrons. The predicted molar refractivity (Wildman–Crippen MR) is 114 cm³/mol. The largest absolute Gasteiger partial charge is 0.497 e. The smallest absolute Gasteiger partial charge is 0.290 e. The summed E-state index contributed by atoms with van der Waals surface area (Å²) in [4.78, 5) is 14.9. The van der Waals surface area contributed by atoms with Crippen LogP contribution in [0.2, 0.25) is 0 Å². The van der Waals surface area contributed by atoms with Crippen molar-refractivity contribution in [2.24, 2.45) is 0 Å². The highest BCUT2D eigenvalue weighted by Crippen LogP contribution is 2.23. The molecule has 3 aromatic rings. The van der Waals surface area contributed by atoms with E-state index in [1.54, 1.807) is 13.2 Å². The normalized spacial score (nSPS) is 14.9. The second kappa shape index (κ2) is 9.00. The first kappa shape index (κ1) is 20.0. The Morgan fingerprint density at radius 2 is 1.80 bits per heavy atom. The number of methoxy groups -OCH3 is 1. The van der Waals surface area contributed by atoms with Crippen molar-refractivity contribution in [3.05, 3.63) is 65.9 Å². The molecule has 30 heavy (non-hydrogen) atoms. The van der Waals surface area contributed by atoms with Crippen LogP contribution in [0.1, 0.15) is 29.1 Å². The van der Waals surface area contributed by atoms with E-state index in [4.69, 9.17) is 14.0 Å². The first-order valence-corrected chi connectivity index (χ1v) is 9.98. The third-order valence-electron chi connectivity index (χ3n) is 5.24. The van der Waals surface area contributed by atoms with Crippen molar-refractivity contribution in [3.8, 4) is 17.0 Å². The highest BCUT2D eigenvalue weighted by molar-refractivity contribution is 5.92. The van der Waals surface area contributed by atoms with E-state index >= 15 is 0 Å². The molecule has 156 valence electrons. The Hall–Kier alpha value is -3.32. The summed E-state index contributed by atoms with van der Waals surface area (Å²) >= 11 is 0. The second-order valence-electron chi connectivity index (χ2n) is 7.19. The van der Waals surface area contributed by atoms with E-state index in [2.05, 4.69) is 27.5 Å². The molecule has 4 rings (SSSR count). The molecular weight excluding hydrogens is 382 g/mol. The molecule has 1 amide bonds. The van der Waals surface area contributed by atoms with Gasteiger partial charge in [-0.25, -0.2) is 0 Å². The fraction of sp³-hybridized carbons (Fsp3) is 0.304. The fourth-order valence-corrected chi connectivity index (χ4v) is 3.43. The third-order valence-corrected chi connectivity index (χ3v) is 5.24. The molecule has 7 heteroatoms. The topological polar surface area (TPSA) is 76.8 Å². The van der Waals surface area contributed by atoms with Gasteiger partial charge < -0.3 is 24.2 Å². The minimum absolute atomic E-state index is 0.161. The number of carbonyl (C=O) groups excluding carboxylic acids is 1. The molecule has 1 unspecified atom stereocenters. The number of hydrogen-bond donors (Lipinski definition) is 1. The quantitative estimate of drug-likeness (QED) is 0.672. The number of benzene rings is 2. The van der Waals surface area contributed by atoms with Gasteiger partial charge in [-0.3, -0.25) is 4.79 Å². The standard InChI is InChI=1S/C23H25N3O4/c1-16(17-3-7-19(8-4-17)26-11-13-29-14-12-26)24-23(27)22-15-21(25-30-22)18-5-9-20(28-2)10-6-18/h3-10,15-16H,11-14H2,1-2H3,(H,24,27).